The molecule has 0 aromatic heterocycles. The van der Waals surface area contributed by atoms with Crippen LogP contribution in [-0.2, 0) is 0 Å². The fraction of sp³-hybridized carbons (Fsp3) is 0.533. The quantitative estimate of drug-likeness (QED) is 0.828. The molecule has 0 aliphatic carbocycles. The van der Waals surface area contributed by atoms with Gasteiger partial charge >= 0.3 is 0 Å². The number of aliphatic hydroxyl groups is 1. The molecule has 1 aromatic rings. The second-order valence-corrected chi connectivity index (χ2v) is 5.04. The van der Waals surface area contributed by atoms with Gasteiger partial charge in [0.2, 0.25) is 0 Å². The van der Waals surface area contributed by atoms with Crippen molar-refractivity contribution in [2.75, 3.05) is 19.7 Å². The van der Waals surface area contributed by atoms with Crippen LogP contribution in [0.2, 0.25) is 0 Å². The van der Waals surface area contributed by atoms with Gasteiger partial charge in [0.15, 0.2) is 5.78 Å². The number of Topliss-reactive ketones (excluding diaryl/α,β-unsaturated/α-hetero) is 1. The largest absolute Gasteiger partial charge is 0.395 e. The van der Waals surface area contributed by atoms with Crippen molar-refractivity contribution in [3.05, 3.63) is 35.4 Å². The van der Waals surface area contributed by atoms with Crippen LogP contribution in [0.1, 0.15) is 35.2 Å². The number of nitrogens with zero attached hydrogens (tertiary/aromatic N) is 1. The van der Waals surface area contributed by atoms with Crippen LogP contribution in [-0.4, -0.2) is 41.5 Å². The van der Waals surface area contributed by atoms with Crippen molar-refractivity contribution >= 4 is 5.78 Å². The predicted octanol–water partition coefficient (Wildman–Crippen LogP) is 2.02. The van der Waals surface area contributed by atoms with Crippen LogP contribution in [0.15, 0.2) is 24.3 Å². The molecule has 98 valence electrons. The van der Waals surface area contributed by atoms with Gasteiger partial charge in [0.05, 0.1) is 13.2 Å². The summed E-state index contributed by atoms with van der Waals surface area (Å²) in [5.74, 6) is 0.161. The van der Waals surface area contributed by atoms with Gasteiger partial charge in [-0.05, 0) is 31.9 Å². The highest BCUT2D eigenvalue weighted by Gasteiger charge is 2.24. The van der Waals surface area contributed by atoms with E-state index in [-0.39, 0.29) is 18.4 Å². The van der Waals surface area contributed by atoms with E-state index in [1.54, 1.807) is 0 Å². The number of aryl methyl sites for hydroxylation is 1. The maximum atomic E-state index is 12.3. The zero-order valence-corrected chi connectivity index (χ0v) is 10.9. The summed E-state index contributed by atoms with van der Waals surface area (Å²) >= 11 is 0. The summed E-state index contributed by atoms with van der Waals surface area (Å²) < 4.78 is 0. The fourth-order valence-corrected chi connectivity index (χ4v) is 2.63. The van der Waals surface area contributed by atoms with Gasteiger partial charge in [0.25, 0.3) is 0 Å². The number of hydrogen-bond acceptors (Lipinski definition) is 3. The molecule has 1 atom stereocenters. The van der Waals surface area contributed by atoms with Gasteiger partial charge in [-0.15, -0.1) is 0 Å². The fourth-order valence-electron chi connectivity index (χ4n) is 2.63. The van der Waals surface area contributed by atoms with Gasteiger partial charge in [0.1, 0.15) is 0 Å². The number of hydrogen-bond donors (Lipinski definition) is 1. The topological polar surface area (TPSA) is 40.5 Å². The molecule has 0 spiro atoms. The van der Waals surface area contributed by atoms with Crippen LogP contribution >= 0.6 is 0 Å². The van der Waals surface area contributed by atoms with Crippen molar-refractivity contribution in [1.82, 2.24) is 4.90 Å². The molecule has 1 aliphatic rings. The first-order valence-electron chi connectivity index (χ1n) is 6.66. The van der Waals surface area contributed by atoms with Crippen LogP contribution in [0.25, 0.3) is 0 Å². The van der Waals surface area contributed by atoms with E-state index >= 15 is 0 Å². The standard InChI is InChI=1S/C15H21NO2/c1-12-6-2-3-8-14(12)15(18)10-16-9-5-4-7-13(16)11-17/h2-3,6,8,13,17H,4-5,7,9-11H2,1H3. The summed E-state index contributed by atoms with van der Waals surface area (Å²) in [5.41, 5.74) is 1.83. The number of aliphatic hydroxyl groups excluding tert-OH is 1. The van der Waals surface area contributed by atoms with E-state index < -0.39 is 0 Å². The van der Waals surface area contributed by atoms with E-state index in [9.17, 15) is 9.90 Å². The van der Waals surface area contributed by atoms with Crippen molar-refractivity contribution in [3.8, 4) is 0 Å². The first kappa shape index (κ1) is 13.2. The maximum absolute atomic E-state index is 12.3. The average molecular weight is 247 g/mol. The third-order valence-corrected chi connectivity index (χ3v) is 3.75. The Kier molecular flexibility index (Phi) is 4.50. The first-order chi connectivity index (χ1) is 8.72. The second-order valence-electron chi connectivity index (χ2n) is 5.04. The predicted molar refractivity (Wildman–Crippen MR) is 71.8 cm³/mol. The Bertz CT molecular complexity index is 417. The zero-order chi connectivity index (χ0) is 13.0. The van der Waals surface area contributed by atoms with Crippen molar-refractivity contribution in [1.29, 1.82) is 0 Å². The van der Waals surface area contributed by atoms with E-state index in [1.165, 1.54) is 0 Å². The van der Waals surface area contributed by atoms with Gasteiger partial charge in [-0.25, -0.2) is 0 Å². The Morgan fingerprint density at radius 1 is 1.39 bits per heavy atom. The molecule has 0 radical (unpaired) electrons. The Labute approximate surface area is 108 Å². The number of likely N-dealkylation sites (tertiary alicyclic amines) is 1. The number of carbonyl (C=O) groups excluding carboxylic acids is 1. The Morgan fingerprint density at radius 2 is 2.17 bits per heavy atom. The van der Waals surface area contributed by atoms with Crippen LogP contribution in [0.3, 0.4) is 0 Å². The third-order valence-electron chi connectivity index (χ3n) is 3.75. The Balaban J connectivity index is 2.04. The van der Waals surface area contributed by atoms with Gasteiger partial charge in [-0.2, -0.15) is 0 Å². The van der Waals surface area contributed by atoms with E-state index in [0.29, 0.717) is 6.54 Å². The minimum absolute atomic E-state index is 0.154. The molecule has 3 nitrogen and oxygen atoms in total. The summed E-state index contributed by atoms with van der Waals surface area (Å²) in [6.45, 7) is 3.47. The Morgan fingerprint density at radius 3 is 2.89 bits per heavy atom. The van der Waals surface area contributed by atoms with E-state index in [0.717, 1.165) is 36.9 Å². The molecule has 3 heteroatoms. The molecule has 0 amide bonds. The highest BCUT2D eigenvalue weighted by Crippen LogP contribution is 2.17. The normalized spacial score (nSPS) is 20.9. The molecule has 0 saturated carbocycles. The van der Waals surface area contributed by atoms with Crippen molar-refractivity contribution < 1.29 is 9.90 Å². The summed E-state index contributed by atoms with van der Waals surface area (Å²) in [6, 6.07) is 7.86. The smallest absolute Gasteiger partial charge is 0.177 e. The summed E-state index contributed by atoms with van der Waals surface area (Å²) in [6.07, 6.45) is 3.27. The molecule has 1 unspecified atom stereocenters. The number of ketones is 1. The zero-order valence-electron chi connectivity index (χ0n) is 10.9. The van der Waals surface area contributed by atoms with Gasteiger partial charge in [-0.3, -0.25) is 9.69 Å². The van der Waals surface area contributed by atoms with Gasteiger partial charge < -0.3 is 5.11 Å². The number of piperidine rings is 1. The summed E-state index contributed by atoms with van der Waals surface area (Å²) in [4.78, 5) is 14.4. The average Bonchev–Trinajstić information content (AvgIpc) is 2.39. The van der Waals surface area contributed by atoms with Crippen LogP contribution in [0, 0.1) is 6.92 Å². The minimum Gasteiger partial charge on any atom is -0.395 e. The minimum atomic E-state index is 0.154. The third kappa shape index (κ3) is 2.98. The van der Waals surface area contributed by atoms with Gasteiger partial charge in [-0.1, -0.05) is 30.7 Å². The molecular weight excluding hydrogens is 226 g/mol. The molecular formula is C15H21NO2. The highest BCUT2D eigenvalue weighted by molar-refractivity contribution is 5.98. The lowest BCUT2D eigenvalue weighted by atomic mass is 10.00. The van der Waals surface area contributed by atoms with Crippen molar-refractivity contribution in [3.63, 3.8) is 0 Å². The van der Waals surface area contributed by atoms with E-state index in [1.807, 2.05) is 31.2 Å². The highest BCUT2D eigenvalue weighted by atomic mass is 16.3. The molecule has 1 saturated heterocycles. The van der Waals surface area contributed by atoms with Crippen LogP contribution in [0.5, 0.6) is 0 Å². The Hall–Kier alpha value is -1.19. The lowest BCUT2D eigenvalue weighted by Crippen LogP contribution is -2.44. The molecule has 1 fully saturated rings. The molecule has 2 rings (SSSR count). The lowest BCUT2D eigenvalue weighted by Gasteiger charge is -2.34. The molecule has 1 N–H and O–H groups in total. The molecule has 1 aliphatic heterocycles. The second kappa shape index (κ2) is 6.12. The molecule has 1 aromatic carbocycles. The number of benzene rings is 1. The van der Waals surface area contributed by atoms with Crippen molar-refractivity contribution in [2.24, 2.45) is 0 Å². The SMILES string of the molecule is Cc1ccccc1C(=O)CN1CCCCC1CO. The molecule has 0 bridgehead atoms. The lowest BCUT2D eigenvalue weighted by molar-refractivity contribution is 0.0711. The van der Waals surface area contributed by atoms with E-state index in [2.05, 4.69) is 4.90 Å². The monoisotopic (exact) mass is 247 g/mol. The number of rotatable bonds is 4. The van der Waals surface area contributed by atoms with E-state index in [4.69, 9.17) is 0 Å². The summed E-state index contributed by atoms with van der Waals surface area (Å²) in [5, 5.41) is 9.35. The first-order valence-corrected chi connectivity index (χ1v) is 6.66. The van der Waals surface area contributed by atoms with Crippen LogP contribution in [0.4, 0.5) is 0 Å². The van der Waals surface area contributed by atoms with Crippen LogP contribution < -0.4 is 0 Å². The maximum Gasteiger partial charge on any atom is 0.177 e. The summed E-state index contributed by atoms with van der Waals surface area (Å²) in [7, 11) is 0. The molecule has 18 heavy (non-hydrogen) atoms. The van der Waals surface area contributed by atoms with Crippen molar-refractivity contribution in [2.45, 2.75) is 32.2 Å². The number of carbonyl (C=O) groups is 1. The molecule has 1 heterocycles. The van der Waals surface area contributed by atoms with Gasteiger partial charge in [0, 0.05) is 11.6 Å².